The van der Waals surface area contributed by atoms with Gasteiger partial charge < -0.3 is 10.6 Å². The molecular weight excluding hydrogens is 236 g/mol. The number of hydrogen-bond acceptors (Lipinski definition) is 3. The number of likely N-dealkylation sites (N-methyl/N-ethyl adjacent to an activating group) is 1. The van der Waals surface area contributed by atoms with E-state index in [9.17, 15) is 0 Å². The lowest BCUT2D eigenvalue weighted by molar-refractivity contribution is 0.668. The molecule has 1 aromatic heterocycles. The standard InChI is InChI=1S/C15H22N4/c1-11-7-5-6-8-14(11)18(3)15(9-16)13-10-17-19(4)12(13)2/h5-8,10,15H,9,16H2,1-4H3. The SMILES string of the molecule is Cc1ccccc1N(C)C(CN)c1cnn(C)c1C. The molecule has 1 heterocycles. The van der Waals surface area contributed by atoms with Crippen LogP contribution >= 0.6 is 0 Å². The maximum absolute atomic E-state index is 5.99. The first kappa shape index (κ1) is 13.6. The fourth-order valence-electron chi connectivity index (χ4n) is 2.46. The highest BCUT2D eigenvalue weighted by atomic mass is 15.3. The molecule has 2 aromatic rings. The Morgan fingerprint density at radius 3 is 2.53 bits per heavy atom. The summed E-state index contributed by atoms with van der Waals surface area (Å²) in [6.07, 6.45) is 1.92. The van der Waals surface area contributed by atoms with Crippen LogP contribution in [0.25, 0.3) is 0 Å². The van der Waals surface area contributed by atoms with Crippen molar-refractivity contribution in [2.45, 2.75) is 19.9 Å². The second-order valence-corrected chi connectivity index (χ2v) is 4.96. The van der Waals surface area contributed by atoms with E-state index < -0.39 is 0 Å². The number of aryl methyl sites for hydroxylation is 2. The summed E-state index contributed by atoms with van der Waals surface area (Å²) in [5.41, 5.74) is 10.8. The monoisotopic (exact) mass is 258 g/mol. The van der Waals surface area contributed by atoms with Crippen LogP contribution in [0.1, 0.15) is 22.9 Å². The zero-order chi connectivity index (χ0) is 14.0. The Morgan fingerprint density at radius 2 is 2.00 bits per heavy atom. The Kier molecular flexibility index (Phi) is 3.90. The van der Waals surface area contributed by atoms with Crippen LogP contribution in [0.2, 0.25) is 0 Å². The molecule has 0 saturated carbocycles. The molecule has 1 unspecified atom stereocenters. The van der Waals surface area contributed by atoms with Crippen LogP contribution < -0.4 is 10.6 Å². The Morgan fingerprint density at radius 1 is 1.32 bits per heavy atom. The number of anilines is 1. The minimum Gasteiger partial charge on any atom is -0.366 e. The zero-order valence-electron chi connectivity index (χ0n) is 12.1. The second-order valence-electron chi connectivity index (χ2n) is 4.96. The van der Waals surface area contributed by atoms with E-state index >= 15 is 0 Å². The second kappa shape index (κ2) is 5.45. The Labute approximate surface area is 114 Å². The summed E-state index contributed by atoms with van der Waals surface area (Å²) in [5, 5.41) is 4.32. The molecule has 0 spiro atoms. The van der Waals surface area contributed by atoms with E-state index in [1.165, 1.54) is 16.8 Å². The summed E-state index contributed by atoms with van der Waals surface area (Å²) in [6.45, 7) is 4.77. The summed E-state index contributed by atoms with van der Waals surface area (Å²) in [5.74, 6) is 0. The van der Waals surface area contributed by atoms with Crippen LogP contribution in [0.4, 0.5) is 5.69 Å². The van der Waals surface area contributed by atoms with Crippen molar-refractivity contribution in [1.82, 2.24) is 9.78 Å². The molecule has 4 nitrogen and oxygen atoms in total. The molecule has 0 aliphatic rings. The third kappa shape index (κ3) is 2.49. The van der Waals surface area contributed by atoms with Gasteiger partial charge in [0.2, 0.25) is 0 Å². The highest BCUT2D eigenvalue weighted by Gasteiger charge is 2.21. The minimum atomic E-state index is 0.148. The van der Waals surface area contributed by atoms with E-state index in [2.05, 4.69) is 55.2 Å². The quantitative estimate of drug-likeness (QED) is 0.914. The maximum Gasteiger partial charge on any atom is 0.0695 e. The molecular formula is C15H22N4. The van der Waals surface area contributed by atoms with E-state index in [1.807, 2.05) is 17.9 Å². The summed E-state index contributed by atoms with van der Waals surface area (Å²) in [4.78, 5) is 2.24. The molecule has 2 N–H and O–H groups in total. The molecule has 0 bridgehead atoms. The van der Waals surface area contributed by atoms with Gasteiger partial charge in [0.15, 0.2) is 0 Å². The molecule has 0 amide bonds. The predicted molar refractivity (Wildman–Crippen MR) is 79.3 cm³/mol. The third-order valence-electron chi connectivity index (χ3n) is 3.82. The van der Waals surface area contributed by atoms with Crippen LogP contribution in [0, 0.1) is 13.8 Å². The van der Waals surface area contributed by atoms with Gasteiger partial charge >= 0.3 is 0 Å². The van der Waals surface area contributed by atoms with Gasteiger partial charge in [-0.1, -0.05) is 18.2 Å². The normalized spacial score (nSPS) is 12.5. The molecule has 19 heavy (non-hydrogen) atoms. The lowest BCUT2D eigenvalue weighted by atomic mass is 10.0. The summed E-state index contributed by atoms with van der Waals surface area (Å²) >= 11 is 0. The Balaban J connectivity index is 2.38. The zero-order valence-corrected chi connectivity index (χ0v) is 12.1. The first-order valence-electron chi connectivity index (χ1n) is 6.53. The smallest absolute Gasteiger partial charge is 0.0695 e. The molecule has 0 aliphatic carbocycles. The van der Waals surface area contributed by atoms with E-state index in [1.54, 1.807) is 0 Å². The van der Waals surface area contributed by atoms with Crippen molar-refractivity contribution in [1.29, 1.82) is 0 Å². The van der Waals surface area contributed by atoms with Gasteiger partial charge in [-0.2, -0.15) is 5.10 Å². The van der Waals surface area contributed by atoms with Crippen molar-refractivity contribution in [3.8, 4) is 0 Å². The minimum absolute atomic E-state index is 0.148. The van der Waals surface area contributed by atoms with Gasteiger partial charge in [-0.3, -0.25) is 4.68 Å². The van der Waals surface area contributed by atoms with Gasteiger partial charge in [0, 0.05) is 37.6 Å². The lowest BCUT2D eigenvalue weighted by Crippen LogP contribution is -2.31. The van der Waals surface area contributed by atoms with Crippen molar-refractivity contribution in [2.24, 2.45) is 12.8 Å². The molecule has 4 heteroatoms. The molecule has 0 saturated heterocycles. The molecule has 0 radical (unpaired) electrons. The van der Waals surface area contributed by atoms with Gasteiger partial charge in [-0.15, -0.1) is 0 Å². The Bertz CT molecular complexity index is 559. The van der Waals surface area contributed by atoms with Crippen molar-refractivity contribution in [2.75, 3.05) is 18.5 Å². The molecule has 2 rings (SSSR count). The Hall–Kier alpha value is -1.81. The number of hydrogen-bond donors (Lipinski definition) is 1. The van der Waals surface area contributed by atoms with Gasteiger partial charge in [0.1, 0.15) is 0 Å². The molecule has 0 aliphatic heterocycles. The summed E-state index contributed by atoms with van der Waals surface area (Å²) in [7, 11) is 4.05. The fourth-order valence-corrected chi connectivity index (χ4v) is 2.46. The van der Waals surface area contributed by atoms with Crippen molar-refractivity contribution in [3.63, 3.8) is 0 Å². The molecule has 102 valence electrons. The average molecular weight is 258 g/mol. The van der Waals surface area contributed by atoms with Gasteiger partial charge in [0.25, 0.3) is 0 Å². The number of nitrogens with zero attached hydrogens (tertiary/aromatic N) is 3. The highest BCUT2D eigenvalue weighted by molar-refractivity contribution is 5.54. The number of rotatable bonds is 4. The van der Waals surface area contributed by atoms with Gasteiger partial charge in [-0.05, 0) is 25.5 Å². The van der Waals surface area contributed by atoms with E-state index in [-0.39, 0.29) is 6.04 Å². The molecule has 1 aromatic carbocycles. The largest absolute Gasteiger partial charge is 0.366 e. The summed E-state index contributed by atoms with van der Waals surface area (Å²) < 4.78 is 1.89. The van der Waals surface area contributed by atoms with E-state index in [4.69, 9.17) is 5.73 Å². The molecule has 1 atom stereocenters. The van der Waals surface area contributed by atoms with Crippen LogP contribution in [0.3, 0.4) is 0 Å². The van der Waals surface area contributed by atoms with Gasteiger partial charge in [0.05, 0.1) is 12.2 Å². The van der Waals surface area contributed by atoms with Crippen molar-refractivity contribution < 1.29 is 0 Å². The number of nitrogens with two attached hydrogens (primary N) is 1. The summed E-state index contributed by atoms with van der Waals surface area (Å²) in [6, 6.07) is 8.51. The molecule has 0 fully saturated rings. The number of benzene rings is 1. The van der Waals surface area contributed by atoms with Crippen molar-refractivity contribution in [3.05, 3.63) is 47.3 Å². The van der Waals surface area contributed by atoms with Crippen molar-refractivity contribution >= 4 is 5.69 Å². The maximum atomic E-state index is 5.99. The topological polar surface area (TPSA) is 47.1 Å². The lowest BCUT2D eigenvalue weighted by Gasteiger charge is -2.30. The highest BCUT2D eigenvalue weighted by Crippen LogP contribution is 2.28. The third-order valence-corrected chi connectivity index (χ3v) is 3.82. The van der Waals surface area contributed by atoms with Crippen LogP contribution in [-0.2, 0) is 7.05 Å². The van der Waals surface area contributed by atoms with Crippen LogP contribution in [-0.4, -0.2) is 23.4 Å². The first-order valence-corrected chi connectivity index (χ1v) is 6.53. The van der Waals surface area contributed by atoms with Gasteiger partial charge in [-0.25, -0.2) is 0 Å². The number of para-hydroxylation sites is 1. The van der Waals surface area contributed by atoms with E-state index in [0.29, 0.717) is 6.54 Å². The average Bonchev–Trinajstić information content (AvgIpc) is 2.72. The number of aromatic nitrogens is 2. The van der Waals surface area contributed by atoms with Crippen LogP contribution in [0.5, 0.6) is 0 Å². The first-order chi connectivity index (χ1) is 9.06. The van der Waals surface area contributed by atoms with E-state index in [0.717, 1.165) is 5.69 Å². The fraction of sp³-hybridized carbons (Fsp3) is 0.400. The predicted octanol–water partition coefficient (Wildman–Crippen LogP) is 2.17. The van der Waals surface area contributed by atoms with Crippen LogP contribution in [0.15, 0.2) is 30.5 Å².